The van der Waals surface area contributed by atoms with Gasteiger partial charge in [-0.1, -0.05) is 0 Å². The molecule has 0 aliphatic carbocycles. The highest BCUT2D eigenvalue weighted by atomic mass is 19.4. The van der Waals surface area contributed by atoms with Crippen LogP contribution in [0.25, 0.3) is 0 Å². The fourth-order valence-corrected chi connectivity index (χ4v) is 0.396. The normalized spacial score (nSPS) is 12.4. The second-order valence-corrected chi connectivity index (χ2v) is 2.02. The van der Waals surface area contributed by atoms with Gasteiger partial charge in [0.1, 0.15) is 6.42 Å². The molecule has 0 aliphatic heterocycles. The molecule has 0 N–H and O–H groups in total. The SMILES string of the molecule is O=C(CC(=O)C(F)(F)F)OC(F)(F)F. The Kier molecular flexibility index (Phi) is 3.49. The summed E-state index contributed by atoms with van der Waals surface area (Å²) in [5.41, 5.74) is 0. The maximum Gasteiger partial charge on any atom is 0.575 e. The van der Waals surface area contributed by atoms with E-state index in [1.165, 1.54) is 0 Å². The summed E-state index contributed by atoms with van der Waals surface area (Å²) in [5, 5.41) is 0. The third-order valence-corrected chi connectivity index (χ3v) is 0.851. The number of rotatable bonds is 2. The number of halogens is 6. The zero-order valence-electron chi connectivity index (χ0n) is 6.20. The first-order valence-electron chi connectivity index (χ1n) is 2.91. The molecule has 0 saturated carbocycles. The van der Waals surface area contributed by atoms with E-state index < -0.39 is 30.7 Å². The van der Waals surface area contributed by atoms with Gasteiger partial charge in [0.05, 0.1) is 0 Å². The molecule has 0 saturated heterocycles. The first-order chi connectivity index (χ1) is 6.02. The average Bonchev–Trinajstić information content (AvgIpc) is 1.79. The topological polar surface area (TPSA) is 43.4 Å². The maximum absolute atomic E-state index is 11.4. The summed E-state index contributed by atoms with van der Waals surface area (Å²) >= 11 is 0. The summed E-state index contributed by atoms with van der Waals surface area (Å²) < 4.78 is 70.4. The summed E-state index contributed by atoms with van der Waals surface area (Å²) in [7, 11) is 0. The lowest BCUT2D eigenvalue weighted by Crippen LogP contribution is -2.28. The van der Waals surface area contributed by atoms with Gasteiger partial charge in [0.2, 0.25) is 5.78 Å². The van der Waals surface area contributed by atoms with E-state index in [2.05, 4.69) is 4.74 Å². The number of ketones is 1. The molecular formula is C5H2F6O3. The van der Waals surface area contributed by atoms with Crippen molar-refractivity contribution in [2.45, 2.75) is 19.0 Å². The number of ether oxygens (including phenoxy) is 1. The van der Waals surface area contributed by atoms with Crippen molar-refractivity contribution >= 4 is 11.8 Å². The van der Waals surface area contributed by atoms with Gasteiger partial charge in [0, 0.05) is 0 Å². The third kappa shape index (κ3) is 5.38. The number of hydrogen-bond donors (Lipinski definition) is 0. The summed E-state index contributed by atoms with van der Waals surface area (Å²) in [5.74, 6) is -4.88. The van der Waals surface area contributed by atoms with Crippen LogP contribution in [-0.4, -0.2) is 24.3 Å². The van der Waals surface area contributed by atoms with Crippen LogP contribution >= 0.6 is 0 Å². The Labute approximate surface area is 72.6 Å². The van der Waals surface area contributed by atoms with Crippen molar-refractivity contribution in [1.29, 1.82) is 0 Å². The van der Waals surface area contributed by atoms with Crippen LogP contribution in [0.15, 0.2) is 0 Å². The number of esters is 1. The number of alkyl halides is 6. The Morgan fingerprint density at radius 2 is 1.43 bits per heavy atom. The minimum absolute atomic E-state index is 1.98. The molecule has 0 aliphatic rings. The van der Waals surface area contributed by atoms with Crippen molar-refractivity contribution in [3.8, 4) is 0 Å². The fraction of sp³-hybridized carbons (Fsp3) is 0.600. The van der Waals surface area contributed by atoms with E-state index in [0.29, 0.717) is 0 Å². The van der Waals surface area contributed by atoms with E-state index >= 15 is 0 Å². The lowest BCUT2D eigenvalue weighted by molar-refractivity contribution is -0.305. The first kappa shape index (κ1) is 12.7. The third-order valence-electron chi connectivity index (χ3n) is 0.851. The van der Waals surface area contributed by atoms with Crippen LogP contribution < -0.4 is 0 Å². The van der Waals surface area contributed by atoms with E-state index in [0.717, 1.165) is 0 Å². The smallest absolute Gasteiger partial charge is 0.373 e. The van der Waals surface area contributed by atoms with Crippen LogP contribution in [-0.2, 0) is 14.3 Å². The van der Waals surface area contributed by atoms with Crippen LogP contribution in [0, 0.1) is 0 Å². The van der Waals surface area contributed by atoms with Crippen molar-refractivity contribution in [1.82, 2.24) is 0 Å². The number of Topliss-reactive ketones (excluding diaryl/α,β-unsaturated/α-hetero) is 1. The number of carbonyl (C=O) groups excluding carboxylic acids is 2. The van der Waals surface area contributed by atoms with E-state index in [1.54, 1.807) is 0 Å². The molecule has 14 heavy (non-hydrogen) atoms. The minimum Gasteiger partial charge on any atom is -0.373 e. The zero-order chi connectivity index (χ0) is 11.6. The van der Waals surface area contributed by atoms with E-state index in [9.17, 15) is 35.9 Å². The first-order valence-corrected chi connectivity index (χ1v) is 2.91. The molecular weight excluding hydrogens is 222 g/mol. The van der Waals surface area contributed by atoms with E-state index in [1.807, 2.05) is 0 Å². The van der Waals surface area contributed by atoms with Crippen LogP contribution in [0.3, 0.4) is 0 Å². The molecule has 0 aromatic carbocycles. The van der Waals surface area contributed by atoms with Crippen LogP contribution in [0.1, 0.15) is 6.42 Å². The Morgan fingerprint density at radius 3 is 1.71 bits per heavy atom. The van der Waals surface area contributed by atoms with Gasteiger partial charge >= 0.3 is 18.5 Å². The molecule has 0 aromatic rings. The number of carbonyl (C=O) groups is 2. The number of hydrogen-bond acceptors (Lipinski definition) is 3. The molecule has 0 heterocycles. The van der Waals surface area contributed by atoms with Crippen molar-refractivity contribution in [3.05, 3.63) is 0 Å². The van der Waals surface area contributed by atoms with Crippen LogP contribution in [0.2, 0.25) is 0 Å². The Balaban J connectivity index is 4.16. The second-order valence-electron chi connectivity index (χ2n) is 2.02. The van der Waals surface area contributed by atoms with Gasteiger partial charge in [-0.2, -0.15) is 13.2 Å². The predicted octanol–water partition coefficient (Wildman–Crippen LogP) is 1.57. The maximum atomic E-state index is 11.4. The second kappa shape index (κ2) is 3.84. The van der Waals surface area contributed by atoms with Gasteiger partial charge in [0.25, 0.3) is 0 Å². The van der Waals surface area contributed by atoms with E-state index in [-0.39, 0.29) is 0 Å². The van der Waals surface area contributed by atoms with Crippen molar-refractivity contribution in [3.63, 3.8) is 0 Å². The van der Waals surface area contributed by atoms with Gasteiger partial charge in [-0.3, -0.25) is 9.59 Å². The molecule has 0 amide bonds. The van der Waals surface area contributed by atoms with Crippen LogP contribution in [0.4, 0.5) is 26.3 Å². The molecule has 0 radical (unpaired) electrons. The summed E-state index contributed by atoms with van der Waals surface area (Å²) in [6.07, 6.45) is -12.7. The van der Waals surface area contributed by atoms with Crippen molar-refractivity contribution < 1.29 is 40.7 Å². The van der Waals surface area contributed by atoms with Gasteiger partial charge in [0.15, 0.2) is 0 Å². The Morgan fingerprint density at radius 1 is 1.00 bits per heavy atom. The molecule has 0 aromatic heterocycles. The van der Waals surface area contributed by atoms with Crippen molar-refractivity contribution in [2.24, 2.45) is 0 Å². The molecule has 0 fully saturated rings. The zero-order valence-corrected chi connectivity index (χ0v) is 6.20. The molecule has 9 heteroatoms. The highest BCUT2D eigenvalue weighted by Gasteiger charge is 2.42. The van der Waals surface area contributed by atoms with Gasteiger partial charge in [-0.25, -0.2) is 0 Å². The fourth-order valence-electron chi connectivity index (χ4n) is 0.396. The summed E-state index contributed by atoms with van der Waals surface area (Å²) in [4.78, 5) is 20.0. The van der Waals surface area contributed by atoms with Gasteiger partial charge < -0.3 is 4.74 Å². The summed E-state index contributed by atoms with van der Waals surface area (Å²) in [6, 6.07) is 0. The molecule has 0 atom stereocenters. The quantitative estimate of drug-likeness (QED) is 0.406. The molecule has 3 nitrogen and oxygen atoms in total. The minimum atomic E-state index is -5.39. The molecule has 0 rings (SSSR count). The van der Waals surface area contributed by atoms with Gasteiger partial charge in [-0.05, 0) is 0 Å². The predicted molar refractivity (Wildman–Crippen MR) is 27.8 cm³/mol. The van der Waals surface area contributed by atoms with Crippen molar-refractivity contribution in [2.75, 3.05) is 0 Å². The van der Waals surface area contributed by atoms with Gasteiger partial charge in [-0.15, -0.1) is 13.2 Å². The lowest BCUT2D eigenvalue weighted by atomic mass is 10.3. The standard InChI is InChI=1S/C5H2F6O3/c6-4(7,8)2(12)1-3(13)14-5(9,10)11/h1H2. The highest BCUT2D eigenvalue weighted by molar-refractivity contribution is 5.98. The Hall–Kier alpha value is -1.28. The monoisotopic (exact) mass is 224 g/mol. The highest BCUT2D eigenvalue weighted by Crippen LogP contribution is 2.21. The molecule has 0 unspecified atom stereocenters. The largest absolute Gasteiger partial charge is 0.575 e. The molecule has 0 bridgehead atoms. The summed E-state index contributed by atoms with van der Waals surface area (Å²) in [6.45, 7) is 0. The lowest BCUT2D eigenvalue weighted by Gasteiger charge is -2.07. The molecule has 0 spiro atoms. The van der Waals surface area contributed by atoms with E-state index in [4.69, 9.17) is 0 Å². The molecule has 82 valence electrons. The Bertz CT molecular complexity index is 239. The van der Waals surface area contributed by atoms with Crippen LogP contribution in [0.5, 0.6) is 0 Å². The average molecular weight is 224 g/mol.